The van der Waals surface area contributed by atoms with Crippen LogP contribution in [0.5, 0.6) is 0 Å². The number of aryl methyl sites for hydroxylation is 2. The molecular weight excluding hydrogens is 458 g/mol. The molecule has 0 aliphatic carbocycles. The highest BCUT2D eigenvalue weighted by atomic mass is 14.9. The van der Waals surface area contributed by atoms with E-state index in [1.807, 2.05) is 0 Å². The standard InChI is InChI=1S/C37H29N/c1-3-18-29-26(12-1)14-9-15-27(29)16-10-24-31-32-20-5-7-22-34(32)37(35-23-8-6-21-33(31)35)38-36-25-11-17-28-13-2-4-19-30(28)36/h1-9,11-15,17-23,25,38H,10,16,24H2. The fourth-order valence-corrected chi connectivity index (χ4v) is 6.06. The minimum Gasteiger partial charge on any atom is -0.354 e. The van der Waals surface area contributed by atoms with Crippen LogP contribution in [0, 0.1) is 0 Å². The van der Waals surface area contributed by atoms with Gasteiger partial charge in [0.15, 0.2) is 0 Å². The number of fused-ring (bicyclic) bond motifs is 4. The summed E-state index contributed by atoms with van der Waals surface area (Å²) in [5, 5.41) is 14.3. The number of hydrogen-bond donors (Lipinski definition) is 1. The molecular formula is C37H29N. The fourth-order valence-electron chi connectivity index (χ4n) is 6.06. The number of hydrogen-bond acceptors (Lipinski definition) is 1. The lowest BCUT2D eigenvalue weighted by atomic mass is 9.90. The van der Waals surface area contributed by atoms with E-state index in [0.29, 0.717) is 0 Å². The van der Waals surface area contributed by atoms with Crippen LogP contribution in [-0.2, 0) is 12.8 Å². The average molecular weight is 488 g/mol. The Bertz CT molecular complexity index is 1860. The third-order valence-electron chi connectivity index (χ3n) is 7.85. The third-order valence-corrected chi connectivity index (χ3v) is 7.85. The predicted molar refractivity (Wildman–Crippen MR) is 165 cm³/mol. The van der Waals surface area contributed by atoms with Crippen LogP contribution in [0.15, 0.2) is 133 Å². The molecule has 0 fully saturated rings. The van der Waals surface area contributed by atoms with Gasteiger partial charge in [0, 0.05) is 21.8 Å². The second-order valence-corrected chi connectivity index (χ2v) is 10.1. The van der Waals surface area contributed by atoms with Gasteiger partial charge in [-0.3, -0.25) is 0 Å². The van der Waals surface area contributed by atoms with Crippen molar-refractivity contribution in [1.29, 1.82) is 0 Å². The van der Waals surface area contributed by atoms with Crippen molar-refractivity contribution in [2.75, 3.05) is 5.32 Å². The van der Waals surface area contributed by atoms with Crippen molar-refractivity contribution in [3.05, 3.63) is 145 Å². The molecule has 0 spiro atoms. The van der Waals surface area contributed by atoms with Crippen LogP contribution in [0.25, 0.3) is 43.1 Å². The maximum Gasteiger partial charge on any atom is 0.0543 e. The van der Waals surface area contributed by atoms with Crippen LogP contribution in [0.3, 0.4) is 0 Å². The van der Waals surface area contributed by atoms with E-state index in [9.17, 15) is 0 Å². The van der Waals surface area contributed by atoms with Crippen molar-refractivity contribution in [2.45, 2.75) is 19.3 Å². The maximum atomic E-state index is 3.86. The van der Waals surface area contributed by atoms with E-state index in [0.717, 1.165) is 24.9 Å². The van der Waals surface area contributed by atoms with Crippen molar-refractivity contribution in [3.63, 3.8) is 0 Å². The lowest BCUT2D eigenvalue weighted by molar-refractivity contribution is 0.834. The van der Waals surface area contributed by atoms with Gasteiger partial charge in [0.05, 0.1) is 5.69 Å². The summed E-state index contributed by atoms with van der Waals surface area (Å²) in [5.41, 5.74) is 5.21. The van der Waals surface area contributed by atoms with Crippen molar-refractivity contribution < 1.29 is 0 Å². The molecule has 1 heteroatoms. The van der Waals surface area contributed by atoms with Gasteiger partial charge < -0.3 is 5.32 Å². The molecule has 7 aromatic rings. The summed E-state index contributed by atoms with van der Waals surface area (Å²) in [4.78, 5) is 0. The quantitative estimate of drug-likeness (QED) is 0.230. The van der Waals surface area contributed by atoms with Crippen molar-refractivity contribution >= 4 is 54.5 Å². The zero-order chi connectivity index (χ0) is 25.3. The summed E-state index contributed by atoms with van der Waals surface area (Å²) < 4.78 is 0. The Hall–Kier alpha value is -4.62. The molecule has 0 aromatic heterocycles. The normalized spacial score (nSPS) is 11.5. The number of benzene rings is 7. The second-order valence-electron chi connectivity index (χ2n) is 10.1. The van der Waals surface area contributed by atoms with Crippen LogP contribution in [0.4, 0.5) is 11.4 Å². The van der Waals surface area contributed by atoms with Crippen LogP contribution in [-0.4, -0.2) is 0 Å². The molecule has 0 amide bonds. The molecule has 0 saturated carbocycles. The van der Waals surface area contributed by atoms with Gasteiger partial charge in [-0.15, -0.1) is 0 Å². The Balaban J connectivity index is 1.31. The highest BCUT2D eigenvalue weighted by Crippen LogP contribution is 2.40. The summed E-state index contributed by atoms with van der Waals surface area (Å²) in [7, 11) is 0. The van der Waals surface area contributed by atoms with Gasteiger partial charge in [-0.05, 0) is 63.4 Å². The molecule has 0 aliphatic heterocycles. The number of anilines is 2. The van der Waals surface area contributed by atoms with Crippen molar-refractivity contribution in [1.82, 2.24) is 0 Å². The second kappa shape index (κ2) is 9.68. The number of nitrogens with one attached hydrogen (secondary N) is 1. The van der Waals surface area contributed by atoms with Gasteiger partial charge in [-0.1, -0.05) is 127 Å². The zero-order valence-electron chi connectivity index (χ0n) is 21.3. The first-order valence-corrected chi connectivity index (χ1v) is 13.5. The molecule has 0 unspecified atom stereocenters. The zero-order valence-corrected chi connectivity index (χ0v) is 21.3. The molecule has 1 nitrogen and oxygen atoms in total. The van der Waals surface area contributed by atoms with Crippen LogP contribution in [0.1, 0.15) is 17.5 Å². The largest absolute Gasteiger partial charge is 0.354 e. The smallest absolute Gasteiger partial charge is 0.0543 e. The summed E-state index contributed by atoms with van der Waals surface area (Å²) in [5.74, 6) is 0. The minimum atomic E-state index is 1.04. The molecule has 7 rings (SSSR count). The molecule has 38 heavy (non-hydrogen) atoms. The molecule has 0 saturated heterocycles. The number of rotatable bonds is 6. The summed E-state index contributed by atoms with van der Waals surface area (Å²) in [6.07, 6.45) is 3.22. The average Bonchev–Trinajstić information content (AvgIpc) is 2.98. The Kier molecular flexibility index (Phi) is 5.75. The van der Waals surface area contributed by atoms with E-state index in [2.05, 4.69) is 139 Å². The lowest BCUT2D eigenvalue weighted by Crippen LogP contribution is -1.99. The summed E-state index contributed by atoms with van der Waals surface area (Å²) in [6.45, 7) is 0. The first kappa shape index (κ1) is 22.6. The molecule has 0 bridgehead atoms. The highest BCUT2D eigenvalue weighted by Gasteiger charge is 2.15. The van der Waals surface area contributed by atoms with Gasteiger partial charge in [0.25, 0.3) is 0 Å². The fraction of sp³-hybridized carbons (Fsp3) is 0.0811. The van der Waals surface area contributed by atoms with E-state index >= 15 is 0 Å². The first-order valence-electron chi connectivity index (χ1n) is 13.5. The van der Waals surface area contributed by atoms with Crippen LogP contribution < -0.4 is 5.32 Å². The van der Waals surface area contributed by atoms with E-state index in [1.165, 1.54) is 59.9 Å². The lowest BCUT2D eigenvalue weighted by Gasteiger charge is -2.19. The third kappa shape index (κ3) is 3.97. The van der Waals surface area contributed by atoms with E-state index in [4.69, 9.17) is 0 Å². The monoisotopic (exact) mass is 487 g/mol. The van der Waals surface area contributed by atoms with Crippen molar-refractivity contribution in [2.24, 2.45) is 0 Å². The van der Waals surface area contributed by atoms with E-state index < -0.39 is 0 Å². The topological polar surface area (TPSA) is 12.0 Å². The molecule has 0 radical (unpaired) electrons. The van der Waals surface area contributed by atoms with E-state index in [1.54, 1.807) is 0 Å². The van der Waals surface area contributed by atoms with Gasteiger partial charge in [-0.25, -0.2) is 0 Å². The summed E-state index contributed by atoms with van der Waals surface area (Å²) in [6, 6.07) is 48.3. The molecule has 0 heterocycles. The molecule has 7 aromatic carbocycles. The van der Waals surface area contributed by atoms with Gasteiger partial charge in [0.1, 0.15) is 0 Å². The minimum absolute atomic E-state index is 1.04. The van der Waals surface area contributed by atoms with Gasteiger partial charge in [-0.2, -0.15) is 0 Å². The predicted octanol–water partition coefficient (Wildman–Crippen LogP) is 10.2. The Labute approximate surface area is 223 Å². The van der Waals surface area contributed by atoms with Crippen molar-refractivity contribution in [3.8, 4) is 0 Å². The first-order chi connectivity index (χ1) is 18.9. The SMILES string of the molecule is c1ccc2c(CCCc3c4ccccc4c(Nc4cccc5ccccc45)c4ccccc34)cccc2c1. The van der Waals surface area contributed by atoms with Crippen LogP contribution >= 0.6 is 0 Å². The van der Waals surface area contributed by atoms with E-state index in [-0.39, 0.29) is 0 Å². The maximum absolute atomic E-state index is 3.86. The summed E-state index contributed by atoms with van der Waals surface area (Å²) >= 11 is 0. The Morgan fingerprint density at radius 1 is 0.395 bits per heavy atom. The molecule has 182 valence electrons. The molecule has 0 atom stereocenters. The Morgan fingerprint density at radius 2 is 0.895 bits per heavy atom. The van der Waals surface area contributed by atoms with Crippen LogP contribution in [0.2, 0.25) is 0 Å². The Morgan fingerprint density at radius 3 is 1.58 bits per heavy atom. The van der Waals surface area contributed by atoms with Gasteiger partial charge >= 0.3 is 0 Å². The molecule has 0 aliphatic rings. The highest BCUT2D eigenvalue weighted by molar-refractivity contribution is 6.15. The molecule has 1 N–H and O–H groups in total. The van der Waals surface area contributed by atoms with Gasteiger partial charge in [0.2, 0.25) is 0 Å².